The molecule has 0 radical (unpaired) electrons. The molecule has 2 aliphatic rings. The molecule has 1 fully saturated rings. The Morgan fingerprint density at radius 1 is 1.00 bits per heavy atom. The fourth-order valence-corrected chi connectivity index (χ4v) is 5.35. The quantitative estimate of drug-likeness (QED) is 0.681. The minimum Gasteiger partial charge on any atom is -0.315 e. The Bertz CT molecular complexity index is 1060. The van der Waals surface area contributed by atoms with Gasteiger partial charge in [0, 0.05) is 18.7 Å². The molecule has 1 aromatic heterocycles. The topological polar surface area (TPSA) is 46.1 Å². The number of aromatic nitrogens is 2. The van der Waals surface area contributed by atoms with Crippen LogP contribution >= 0.6 is 0 Å². The SMILES string of the molecule is CN(C(=O)C12CCC(c3nc4ccccc4nc31)C2(C)C)c1ccccc1. The summed E-state index contributed by atoms with van der Waals surface area (Å²) in [5, 5.41) is 0. The fraction of sp³-hybridized carbons (Fsp3) is 0.348. The van der Waals surface area contributed by atoms with E-state index in [0.29, 0.717) is 0 Å². The van der Waals surface area contributed by atoms with Crippen molar-refractivity contribution in [3.05, 3.63) is 66.0 Å². The van der Waals surface area contributed by atoms with Crippen LogP contribution in [-0.2, 0) is 10.2 Å². The van der Waals surface area contributed by atoms with Gasteiger partial charge < -0.3 is 4.90 Å². The second-order valence-electron chi connectivity index (χ2n) is 8.36. The van der Waals surface area contributed by atoms with E-state index in [0.717, 1.165) is 41.0 Å². The average Bonchev–Trinajstić information content (AvgIpc) is 3.07. The van der Waals surface area contributed by atoms with Gasteiger partial charge in [-0.05, 0) is 42.5 Å². The number of nitrogens with zero attached hydrogens (tertiary/aromatic N) is 3. The molecule has 136 valence electrons. The fourth-order valence-electron chi connectivity index (χ4n) is 5.35. The van der Waals surface area contributed by atoms with Crippen LogP contribution in [-0.4, -0.2) is 22.9 Å². The lowest BCUT2D eigenvalue weighted by molar-refractivity contribution is -0.126. The van der Waals surface area contributed by atoms with E-state index >= 15 is 0 Å². The van der Waals surface area contributed by atoms with Gasteiger partial charge in [0.15, 0.2) is 0 Å². The van der Waals surface area contributed by atoms with E-state index in [-0.39, 0.29) is 17.2 Å². The molecule has 3 aromatic rings. The van der Waals surface area contributed by atoms with Crippen molar-refractivity contribution in [1.29, 1.82) is 0 Å². The Balaban J connectivity index is 1.71. The van der Waals surface area contributed by atoms with Crippen LogP contribution in [0.15, 0.2) is 54.6 Å². The van der Waals surface area contributed by atoms with E-state index in [4.69, 9.17) is 9.97 Å². The van der Waals surface area contributed by atoms with Gasteiger partial charge in [0.05, 0.1) is 27.8 Å². The summed E-state index contributed by atoms with van der Waals surface area (Å²) in [6, 6.07) is 17.8. The first kappa shape index (κ1) is 16.4. The predicted octanol–water partition coefficient (Wildman–Crippen LogP) is 4.45. The van der Waals surface area contributed by atoms with Gasteiger partial charge in [-0.1, -0.05) is 44.2 Å². The summed E-state index contributed by atoms with van der Waals surface area (Å²) >= 11 is 0. The zero-order chi connectivity index (χ0) is 18.8. The molecular weight excluding hydrogens is 334 g/mol. The number of likely N-dealkylation sites (N-methyl/N-ethyl adjacent to an activating group) is 1. The van der Waals surface area contributed by atoms with Crippen molar-refractivity contribution in [1.82, 2.24) is 9.97 Å². The lowest BCUT2D eigenvalue weighted by atomic mass is 9.67. The maximum Gasteiger partial charge on any atom is 0.239 e. The molecule has 2 bridgehead atoms. The highest BCUT2D eigenvalue weighted by molar-refractivity contribution is 6.03. The largest absolute Gasteiger partial charge is 0.315 e. The smallest absolute Gasteiger partial charge is 0.239 e. The molecule has 0 N–H and O–H groups in total. The average molecular weight is 357 g/mol. The van der Waals surface area contributed by atoms with E-state index in [1.54, 1.807) is 4.90 Å². The van der Waals surface area contributed by atoms with E-state index in [2.05, 4.69) is 13.8 Å². The molecule has 0 aliphatic heterocycles. The van der Waals surface area contributed by atoms with Crippen LogP contribution in [0.1, 0.15) is 44.0 Å². The third-order valence-corrected chi connectivity index (χ3v) is 6.92. The van der Waals surface area contributed by atoms with Crippen LogP contribution in [0.25, 0.3) is 11.0 Å². The van der Waals surface area contributed by atoms with E-state index < -0.39 is 5.41 Å². The molecule has 4 heteroatoms. The summed E-state index contributed by atoms with van der Waals surface area (Å²) in [5.74, 6) is 0.405. The lowest BCUT2D eigenvalue weighted by Crippen LogP contribution is -2.50. The highest BCUT2D eigenvalue weighted by atomic mass is 16.2. The molecule has 1 heterocycles. The molecule has 2 aliphatic carbocycles. The number of fused-ring (bicyclic) bond motifs is 6. The molecule has 27 heavy (non-hydrogen) atoms. The molecular formula is C23H23N3O. The summed E-state index contributed by atoms with van der Waals surface area (Å²) in [4.78, 5) is 25.7. The zero-order valence-corrected chi connectivity index (χ0v) is 15.9. The molecule has 0 saturated heterocycles. The highest BCUT2D eigenvalue weighted by Crippen LogP contribution is 2.67. The first-order chi connectivity index (χ1) is 13.0. The number of carbonyl (C=O) groups is 1. The monoisotopic (exact) mass is 357 g/mol. The van der Waals surface area contributed by atoms with Crippen LogP contribution in [0.2, 0.25) is 0 Å². The van der Waals surface area contributed by atoms with E-state index in [9.17, 15) is 4.79 Å². The van der Waals surface area contributed by atoms with Gasteiger partial charge in [-0.2, -0.15) is 0 Å². The summed E-state index contributed by atoms with van der Waals surface area (Å²) in [5.41, 5.74) is 3.81. The number of para-hydroxylation sites is 3. The van der Waals surface area contributed by atoms with Gasteiger partial charge >= 0.3 is 0 Å². The Labute approximate surface area is 159 Å². The normalized spacial score (nSPS) is 24.8. The van der Waals surface area contributed by atoms with E-state index in [1.807, 2.05) is 61.6 Å². The number of amides is 1. The maximum absolute atomic E-state index is 13.9. The number of carbonyl (C=O) groups excluding carboxylic acids is 1. The first-order valence-electron chi connectivity index (χ1n) is 9.57. The molecule has 2 unspecified atom stereocenters. The second kappa shape index (κ2) is 5.38. The van der Waals surface area contributed by atoms with Crippen molar-refractivity contribution >= 4 is 22.6 Å². The standard InChI is InChI=1S/C23H23N3O/c1-22(2)16-13-14-23(22,21(27)26(3)15-9-5-4-6-10-15)20-19(16)24-17-11-7-8-12-18(17)25-20/h4-12,16H,13-14H2,1-3H3. The predicted molar refractivity (Wildman–Crippen MR) is 107 cm³/mol. The number of hydrogen-bond acceptors (Lipinski definition) is 3. The Morgan fingerprint density at radius 3 is 2.33 bits per heavy atom. The molecule has 5 rings (SSSR count). The molecule has 1 saturated carbocycles. The highest BCUT2D eigenvalue weighted by Gasteiger charge is 2.68. The van der Waals surface area contributed by atoms with Crippen molar-refractivity contribution in [3.8, 4) is 0 Å². The Hall–Kier alpha value is -2.75. The molecule has 2 atom stereocenters. The number of rotatable bonds is 2. The van der Waals surface area contributed by atoms with Crippen molar-refractivity contribution in [2.45, 2.75) is 38.0 Å². The third kappa shape index (κ3) is 1.96. The lowest BCUT2D eigenvalue weighted by Gasteiger charge is -2.39. The Kier molecular flexibility index (Phi) is 3.27. The summed E-state index contributed by atoms with van der Waals surface area (Å²) < 4.78 is 0. The Morgan fingerprint density at radius 2 is 1.63 bits per heavy atom. The van der Waals surface area contributed by atoms with Crippen molar-refractivity contribution < 1.29 is 4.79 Å². The minimum atomic E-state index is -0.616. The minimum absolute atomic E-state index is 0.129. The zero-order valence-electron chi connectivity index (χ0n) is 15.9. The van der Waals surface area contributed by atoms with Gasteiger partial charge in [-0.15, -0.1) is 0 Å². The second-order valence-corrected chi connectivity index (χ2v) is 8.36. The summed E-state index contributed by atoms with van der Waals surface area (Å²) in [7, 11) is 1.88. The van der Waals surface area contributed by atoms with Crippen molar-refractivity contribution in [3.63, 3.8) is 0 Å². The number of hydrogen-bond donors (Lipinski definition) is 0. The van der Waals surface area contributed by atoms with Crippen LogP contribution < -0.4 is 4.90 Å². The van der Waals surface area contributed by atoms with Gasteiger partial charge in [-0.3, -0.25) is 4.79 Å². The molecule has 1 amide bonds. The number of anilines is 1. The molecule has 0 spiro atoms. The van der Waals surface area contributed by atoms with Gasteiger partial charge in [0.1, 0.15) is 0 Å². The number of benzene rings is 2. The summed E-state index contributed by atoms with van der Waals surface area (Å²) in [6.07, 6.45) is 1.82. The van der Waals surface area contributed by atoms with Crippen LogP contribution in [0.3, 0.4) is 0 Å². The van der Waals surface area contributed by atoms with Crippen molar-refractivity contribution in [2.24, 2.45) is 5.41 Å². The first-order valence-corrected chi connectivity index (χ1v) is 9.57. The van der Waals surface area contributed by atoms with Gasteiger partial charge in [-0.25, -0.2) is 9.97 Å². The van der Waals surface area contributed by atoms with E-state index in [1.165, 1.54) is 0 Å². The summed E-state index contributed by atoms with van der Waals surface area (Å²) in [6.45, 7) is 4.44. The van der Waals surface area contributed by atoms with Crippen LogP contribution in [0, 0.1) is 5.41 Å². The van der Waals surface area contributed by atoms with Gasteiger partial charge in [0.2, 0.25) is 5.91 Å². The third-order valence-electron chi connectivity index (χ3n) is 6.92. The maximum atomic E-state index is 13.9. The molecule has 2 aromatic carbocycles. The van der Waals surface area contributed by atoms with Crippen molar-refractivity contribution in [2.75, 3.05) is 11.9 Å². The molecule has 4 nitrogen and oxygen atoms in total. The van der Waals surface area contributed by atoms with Crippen LogP contribution in [0.4, 0.5) is 5.69 Å². The van der Waals surface area contributed by atoms with Gasteiger partial charge in [0.25, 0.3) is 0 Å². The van der Waals surface area contributed by atoms with Crippen LogP contribution in [0.5, 0.6) is 0 Å².